The molecule has 0 aromatic heterocycles. The first kappa shape index (κ1) is 12.9. The van der Waals surface area contributed by atoms with Gasteiger partial charge < -0.3 is 15.3 Å². The molecule has 0 bridgehead atoms. The van der Waals surface area contributed by atoms with Gasteiger partial charge in [0.15, 0.2) is 0 Å². The summed E-state index contributed by atoms with van der Waals surface area (Å²) in [6, 6.07) is 0. The van der Waals surface area contributed by atoms with Crippen molar-refractivity contribution in [2.24, 2.45) is 0 Å². The van der Waals surface area contributed by atoms with Gasteiger partial charge in [0, 0.05) is 14.0 Å². The van der Waals surface area contributed by atoms with E-state index >= 15 is 0 Å². The van der Waals surface area contributed by atoms with E-state index in [0.29, 0.717) is 0 Å². The molecule has 0 unspecified atom stereocenters. The Labute approximate surface area is 84.1 Å². The van der Waals surface area contributed by atoms with Gasteiger partial charge in [0.25, 0.3) is 0 Å². The molecule has 5 heteroatoms. The van der Waals surface area contributed by atoms with Crippen LogP contribution in [0.4, 0.5) is 0 Å². The molecule has 0 saturated carbocycles. The van der Waals surface area contributed by atoms with Crippen molar-refractivity contribution in [2.75, 3.05) is 20.2 Å². The van der Waals surface area contributed by atoms with Crippen molar-refractivity contribution < 1.29 is 14.7 Å². The maximum absolute atomic E-state index is 11.5. The maximum Gasteiger partial charge on any atom is 0.242 e. The zero-order valence-corrected chi connectivity index (χ0v) is 9.13. The summed E-state index contributed by atoms with van der Waals surface area (Å²) in [6.45, 7) is 4.70. The van der Waals surface area contributed by atoms with Gasteiger partial charge in [0.1, 0.15) is 0 Å². The maximum atomic E-state index is 11.5. The highest BCUT2D eigenvalue weighted by atomic mass is 16.3. The summed E-state index contributed by atoms with van der Waals surface area (Å²) in [4.78, 5) is 23.4. The van der Waals surface area contributed by atoms with Crippen LogP contribution in [0.25, 0.3) is 0 Å². The second kappa shape index (κ2) is 4.95. The Hall–Kier alpha value is -1.10. The van der Waals surface area contributed by atoms with E-state index in [1.807, 2.05) is 0 Å². The van der Waals surface area contributed by atoms with E-state index in [2.05, 4.69) is 5.32 Å². The van der Waals surface area contributed by atoms with Gasteiger partial charge in [-0.2, -0.15) is 0 Å². The Balaban J connectivity index is 4.19. The molecule has 0 saturated heterocycles. The van der Waals surface area contributed by atoms with Crippen LogP contribution in [-0.4, -0.2) is 47.6 Å². The van der Waals surface area contributed by atoms with Crippen molar-refractivity contribution in [3.8, 4) is 0 Å². The normalized spacial score (nSPS) is 10.9. The van der Waals surface area contributed by atoms with Gasteiger partial charge in [-0.3, -0.25) is 9.59 Å². The Morgan fingerprint density at radius 2 is 1.93 bits per heavy atom. The predicted octanol–water partition coefficient (Wildman–Crippen LogP) is -0.648. The van der Waals surface area contributed by atoms with Crippen molar-refractivity contribution in [3.05, 3.63) is 0 Å². The number of hydrogen-bond donors (Lipinski definition) is 2. The number of aliphatic hydroxyl groups is 1. The Morgan fingerprint density at radius 1 is 1.43 bits per heavy atom. The number of hydrogen-bond acceptors (Lipinski definition) is 3. The third kappa shape index (κ3) is 3.74. The fourth-order valence-electron chi connectivity index (χ4n) is 0.762. The number of rotatable bonds is 4. The van der Waals surface area contributed by atoms with E-state index in [4.69, 9.17) is 5.11 Å². The number of carbonyl (C=O) groups excluding carboxylic acids is 2. The first-order chi connectivity index (χ1) is 6.31. The predicted molar refractivity (Wildman–Crippen MR) is 52.6 cm³/mol. The molecule has 0 radical (unpaired) electrons. The van der Waals surface area contributed by atoms with E-state index in [9.17, 15) is 9.59 Å². The lowest BCUT2D eigenvalue weighted by Crippen LogP contribution is -2.50. The summed E-state index contributed by atoms with van der Waals surface area (Å²) in [5.41, 5.74) is -0.602. The minimum Gasteiger partial charge on any atom is -0.394 e. The van der Waals surface area contributed by atoms with E-state index in [1.165, 1.54) is 11.8 Å². The molecule has 0 spiro atoms. The topological polar surface area (TPSA) is 69.6 Å². The smallest absolute Gasteiger partial charge is 0.242 e. The number of likely N-dealkylation sites (N-methyl/N-ethyl adjacent to an activating group) is 1. The summed E-state index contributed by atoms with van der Waals surface area (Å²) in [6.07, 6.45) is 0. The summed E-state index contributed by atoms with van der Waals surface area (Å²) in [5, 5.41) is 11.4. The van der Waals surface area contributed by atoms with Crippen LogP contribution in [0.5, 0.6) is 0 Å². The van der Waals surface area contributed by atoms with E-state index in [0.717, 1.165) is 0 Å². The van der Waals surface area contributed by atoms with Crippen LogP contribution in [0.2, 0.25) is 0 Å². The molecule has 0 aliphatic carbocycles. The fraction of sp³-hybridized carbons (Fsp3) is 0.778. The van der Waals surface area contributed by atoms with E-state index in [1.54, 1.807) is 20.9 Å². The van der Waals surface area contributed by atoms with Crippen LogP contribution < -0.4 is 5.32 Å². The second-order valence-electron chi connectivity index (χ2n) is 3.83. The summed E-state index contributed by atoms with van der Waals surface area (Å²) in [7, 11) is 1.60. The molecule has 0 rings (SSSR count). The van der Waals surface area contributed by atoms with Crippen molar-refractivity contribution in [3.63, 3.8) is 0 Å². The van der Waals surface area contributed by atoms with Crippen molar-refractivity contribution in [1.82, 2.24) is 10.2 Å². The Bertz CT molecular complexity index is 226. The standard InChI is InChI=1S/C9H18N2O3/c1-7(13)10-5-8(14)11(4)9(2,3)6-12/h12H,5-6H2,1-4H3,(H,10,13). The van der Waals surface area contributed by atoms with Crippen molar-refractivity contribution >= 4 is 11.8 Å². The summed E-state index contributed by atoms with van der Waals surface area (Å²) >= 11 is 0. The van der Waals surface area contributed by atoms with Gasteiger partial charge >= 0.3 is 0 Å². The molecule has 0 aromatic carbocycles. The minimum absolute atomic E-state index is 0.0325. The second-order valence-corrected chi connectivity index (χ2v) is 3.83. The van der Waals surface area contributed by atoms with Crippen molar-refractivity contribution in [1.29, 1.82) is 0 Å². The van der Waals surface area contributed by atoms with Gasteiger partial charge in [-0.25, -0.2) is 0 Å². The largest absolute Gasteiger partial charge is 0.394 e. The number of amides is 2. The molecule has 0 atom stereocenters. The molecule has 0 aliphatic rings. The molecule has 2 N–H and O–H groups in total. The molecular weight excluding hydrogens is 184 g/mol. The number of nitrogens with zero attached hydrogens (tertiary/aromatic N) is 1. The summed E-state index contributed by atoms with van der Waals surface area (Å²) < 4.78 is 0. The molecule has 14 heavy (non-hydrogen) atoms. The minimum atomic E-state index is -0.602. The van der Waals surface area contributed by atoms with Crippen LogP contribution >= 0.6 is 0 Å². The fourth-order valence-corrected chi connectivity index (χ4v) is 0.762. The van der Waals surface area contributed by atoms with Gasteiger partial charge in [-0.15, -0.1) is 0 Å². The van der Waals surface area contributed by atoms with Crippen LogP contribution in [0.15, 0.2) is 0 Å². The monoisotopic (exact) mass is 202 g/mol. The third-order valence-electron chi connectivity index (χ3n) is 2.16. The highest BCUT2D eigenvalue weighted by Gasteiger charge is 2.26. The molecule has 82 valence electrons. The van der Waals surface area contributed by atoms with Gasteiger partial charge in [-0.05, 0) is 13.8 Å². The van der Waals surface area contributed by atoms with Crippen LogP contribution in [0.3, 0.4) is 0 Å². The van der Waals surface area contributed by atoms with Gasteiger partial charge in [-0.1, -0.05) is 0 Å². The van der Waals surface area contributed by atoms with Crippen LogP contribution in [-0.2, 0) is 9.59 Å². The molecule has 0 fully saturated rings. The highest BCUT2D eigenvalue weighted by Crippen LogP contribution is 2.10. The van der Waals surface area contributed by atoms with Crippen molar-refractivity contribution in [2.45, 2.75) is 26.3 Å². The first-order valence-electron chi connectivity index (χ1n) is 4.43. The molecular formula is C9H18N2O3. The Morgan fingerprint density at radius 3 is 2.29 bits per heavy atom. The lowest BCUT2D eigenvalue weighted by atomic mass is 10.1. The van der Waals surface area contributed by atoms with E-state index in [-0.39, 0.29) is 25.0 Å². The Kier molecular flexibility index (Phi) is 4.56. The van der Waals surface area contributed by atoms with Crippen LogP contribution in [0, 0.1) is 0 Å². The van der Waals surface area contributed by atoms with Gasteiger partial charge in [0.05, 0.1) is 18.7 Å². The first-order valence-corrected chi connectivity index (χ1v) is 4.43. The molecule has 5 nitrogen and oxygen atoms in total. The molecule has 2 amide bonds. The van der Waals surface area contributed by atoms with Gasteiger partial charge in [0.2, 0.25) is 11.8 Å². The SMILES string of the molecule is CC(=O)NCC(=O)N(C)C(C)(C)CO. The average molecular weight is 202 g/mol. The van der Waals surface area contributed by atoms with E-state index < -0.39 is 5.54 Å². The quantitative estimate of drug-likeness (QED) is 0.636. The van der Waals surface area contributed by atoms with Crippen LogP contribution in [0.1, 0.15) is 20.8 Å². The number of nitrogens with one attached hydrogen (secondary N) is 1. The average Bonchev–Trinajstić information content (AvgIpc) is 2.12. The lowest BCUT2D eigenvalue weighted by Gasteiger charge is -2.33. The lowest BCUT2D eigenvalue weighted by molar-refractivity contribution is -0.136. The molecule has 0 aromatic rings. The molecule has 0 aliphatic heterocycles. The zero-order chi connectivity index (χ0) is 11.4. The molecule has 0 heterocycles. The zero-order valence-electron chi connectivity index (χ0n) is 9.13. The number of aliphatic hydroxyl groups excluding tert-OH is 1. The third-order valence-corrected chi connectivity index (χ3v) is 2.16. The summed E-state index contributed by atoms with van der Waals surface area (Å²) in [5.74, 6) is -0.465. The highest BCUT2D eigenvalue weighted by molar-refractivity contribution is 5.83. The number of carbonyl (C=O) groups is 2.